The molecule has 0 amide bonds. The molecule has 0 aliphatic carbocycles. The Kier molecular flexibility index (Phi) is 4.75. The van der Waals surface area contributed by atoms with Gasteiger partial charge >= 0.3 is 0 Å². The van der Waals surface area contributed by atoms with Gasteiger partial charge in [0.05, 0.1) is 0 Å². The van der Waals surface area contributed by atoms with Crippen LogP contribution < -0.4 is 5.73 Å². The van der Waals surface area contributed by atoms with Crippen LogP contribution in [-0.2, 0) is 12.8 Å². The molecule has 19 heavy (non-hydrogen) atoms. The Hall–Kier alpha value is -1.60. The molecule has 1 unspecified atom stereocenters. The smallest absolute Gasteiger partial charge is 0.00824 e. The topological polar surface area (TPSA) is 26.0 Å². The van der Waals surface area contributed by atoms with Crippen LogP contribution in [0.4, 0.5) is 0 Å². The second-order valence-electron chi connectivity index (χ2n) is 5.48. The van der Waals surface area contributed by atoms with Crippen molar-refractivity contribution in [1.82, 2.24) is 0 Å². The number of rotatable bonds is 5. The van der Waals surface area contributed by atoms with Crippen molar-refractivity contribution in [2.24, 2.45) is 5.73 Å². The van der Waals surface area contributed by atoms with Crippen molar-refractivity contribution in [2.75, 3.05) is 0 Å². The molecular weight excluding hydrogens is 230 g/mol. The van der Waals surface area contributed by atoms with Gasteiger partial charge in [-0.2, -0.15) is 0 Å². The summed E-state index contributed by atoms with van der Waals surface area (Å²) >= 11 is 0. The highest BCUT2D eigenvalue weighted by molar-refractivity contribution is 5.24. The fourth-order valence-electron chi connectivity index (χ4n) is 2.35. The van der Waals surface area contributed by atoms with Gasteiger partial charge in [-0.1, -0.05) is 59.7 Å². The molecule has 2 aromatic rings. The van der Waals surface area contributed by atoms with Gasteiger partial charge in [0.2, 0.25) is 0 Å². The predicted molar refractivity (Wildman–Crippen MR) is 82.4 cm³/mol. The number of benzene rings is 2. The standard InChI is InChI=1S/C18H23N/c1-14-6-8-16(9-7-14)10-11-18(19)13-17-5-3-4-15(2)12-17/h3-9,12,18H,10-11,13,19H2,1-2H3. The normalized spacial score (nSPS) is 12.4. The van der Waals surface area contributed by atoms with Gasteiger partial charge in [-0.15, -0.1) is 0 Å². The Morgan fingerprint density at radius 2 is 1.63 bits per heavy atom. The third kappa shape index (κ3) is 4.53. The zero-order chi connectivity index (χ0) is 13.7. The molecule has 0 saturated carbocycles. The number of hydrogen-bond donors (Lipinski definition) is 1. The predicted octanol–water partition coefficient (Wildman–Crippen LogP) is 3.81. The molecule has 0 aromatic heterocycles. The van der Waals surface area contributed by atoms with Gasteiger partial charge in [0, 0.05) is 6.04 Å². The van der Waals surface area contributed by atoms with E-state index >= 15 is 0 Å². The van der Waals surface area contributed by atoms with Crippen LogP contribution in [0.3, 0.4) is 0 Å². The lowest BCUT2D eigenvalue weighted by atomic mass is 9.98. The zero-order valence-electron chi connectivity index (χ0n) is 11.9. The monoisotopic (exact) mass is 253 g/mol. The van der Waals surface area contributed by atoms with Crippen molar-refractivity contribution in [2.45, 2.75) is 39.2 Å². The second-order valence-corrected chi connectivity index (χ2v) is 5.48. The lowest BCUT2D eigenvalue weighted by Gasteiger charge is -2.12. The number of aryl methyl sites for hydroxylation is 3. The van der Waals surface area contributed by atoms with Crippen LogP contribution in [0.2, 0.25) is 0 Å². The van der Waals surface area contributed by atoms with Crippen LogP contribution in [0, 0.1) is 13.8 Å². The molecule has 1 nitrogen and oxygen atoms in total. The van der Waals surface area contributed by atoms with E-state index in [1.165, 1.54) is 22.3 Å². The van der Waals surface area contributed by atoms with Crippen LogP contribution in [-0.4, -0.2) is 6.04 Å². The highest BCUT2D eigenvalue weighted by Gasteiger charge is 2.05. The van der Waals surface area contributed by atoms with E-state index in [0.29, 0.717) is 0 Å². The summed E-state index contributed by atoms with van der Waals surface area (Å²) in [7, 11) is 0. The van der Waals surface area contributed by atoms with E-state index < -0.39 is 0 Å². The summed E-state index contributed by atoms with van der Waals surface area (Å²) in [6, 6.07) is 17.6. The van der Waals surface area contributed by atoms with Crippen LogP contribution in [0.25, 0.3) is 0 Å². The maximum atomic E-state index is 6.23. The van der Waals surface area contributed by atoms with E-state index in [9.17, 15) is 0 Å². The van der Waals surface area contributed by atoms with Crippen molar-refractivity contribution >= 4 is 0 Å². The van der Waals surface area contributed by atoms with Gasteiger partial charge in [0.1, 0.15) is 0 Å². The Morgan fingerprint density at radius 3 is 2.32 bits per heavy atom. The average molecular weight is 253 g/mol. The van der Waals surface area contributed by atoms with Crippen molar-refractivity contribution in [3.8, 4) is 0 Å². The summed E-state index contributed by atoms with van der Waals surface area (Å²) in [5.41, 5.74) is 11.6. The molecule has 2 rings (SSSR count). The van der Waals surface area contributed by atoms with Gasteiger partial charge in [-0.05, 0) is 44.2 Å². The fraction of sp³-hybridized carbons (Fsp3) is 0.333. The van der Waals surface area contributed by atoms with Crippen molar-refractivity contribution < 1.29 is 0 Å². The summed E-state index contributed by atoms with van der Waals surface area (Å²) in [5.74, 6) is 0. The number of nitrogens with two attached hydrogens (primary N) is 1. The molecule has 0 bridgehead atoms. The first-order valence-electron chi connectivity index (χ1n) is 7.00. The van der Waals surface area contributed by atoms with Crippen LogP contribution in [0.15, 0.2) is 48.5 Å². The first-order chi connectivity index (χ1) is 9.13. The number of hydrogen-bond acceptors (Lipinski definition) is 1. The summed E-state index contributed by atoms with van der Waals surface area (Å²) in [4.78, 5) is 0. The molecule has 0 fully saturated rings. The molecule has 0 heterocycles. The molecule has 0 spiro atoms. The average Bonchev–Trinajstić information content (AvgIpc) is 2.38. The lowest BCUT2D eigenvalue weighted by molar-refractivity contribution is 0.610. The molecule has 0 aliphatic heterocycles. The molecule has 2 N–H and O–H groups in total. The van der Waals surface area contributed by atoms with Crippen molar-refractivity contribution in [1.29, 1.82) is 0 Å². The van der Waals surface area contributed by atoms with E-state index in [-0.39, 0.29) is 6.04 Å². The molecule has 0 radical (unpaired) electrons. The Labute approximate surface area is 116 Å². The minimum Gasteiger partial charge on any atom is -0.327 e. The van der Waals surface area contributed by atoms with E-state index in [0.717, 1.165) is 19.3 Å². The summed E-state index contributed by atoms with van der Waals surface area (Å²) < 4.78 is 0. The Balaban J connectivity index is 1.84. The first kappa shape index (κ1) is 13.8. The van der Waals surface area contributed by atoms with Gasteiger partial charge in [0.15, 0.2) is 0 Å². The third-order valence-electron chi connectivity index (χ3n) is 3.50. The van der Waals surface area contributed by atoms with Gasteiger partial charge in [-0.3, -0.25) is 0 Å². The third-order valence-corrected chi connectivity index (χ3v) is 3.50. The van der Waals surface area contributed by atoms with Crippen LogP contribution in [0.1, 0.15) is 28.7 Å². The molecule has 0 aliphatic rings. The minimum atomic E-state index is 0.239. The second kappa shape index (κ2) is 6.53. The van der Waals surface area contributed by atoms with Gasteiger partial charge < -0.3 is 5.73 Å². The lowest BCUT2D eigenvalue weighted by Crippen LogP contribution is -2.23. The maximum Gasteiger partial charge on any atom is 0.00824 e. The fourth-order valence-corrected chi connectivity index (χ4v) is 2.35. The van der Waals surface area contributed by atoms with Crippen molar-refractivity contribution in [3.63, 3.8) is 0 Å². The molecule has 100 valence electrons. The Morgan fingerprint density at radius 1 is 0.895 bits per heavy atom. The molecule has 1 heteroatoms. The maximum absolute atomic E-state index is 6.23. The van der Waals surface area contributed by atoms with Gasteiger partial charge in [0.25, 0.3) is 0 Å². The highest BCUT2D eigenvalue weighted by Crippen LogP contribution is 2.11. The van der Waals surface area contributed by atoms with Crippen molar-refractivity contribution in [3.05, 3.63) is 70.8 Å². The first-order valence-corrected chi connectivity index (χ1v) is 7.00. The minimum absolute atomic E-state index is 0.239. The molecular formula is C18H23N. The quantitative estimate of drug-likeness (QED) is 0.861. The summed E-state index contributed by atoms with van der Waals surface area (Å²) in [6.07, 6.45) is 3.07. The van der Waals surface area contributed by atoms with Crippen LogP contribution in [0.5, 0.6) is 0 Å². The van der Waals surface area contributed by atoms with E-state index in [1.807, 2.05) is 0 Å². The van der Waals surface area contributed by atoms with Crippen LogP contribution >= 0.6 is 0 Å². The largest absolute Gasteiger partial charge is 0.327 e. The summed E-state index contributed by atoms with van der Waals surface area (Å²) in [6.45, 7) is 4.24. The molecule has 0 saturated heterocycles. The molecule has 1 atom stereocenters. The SMILES string of the molecule is Cc1ccc(CCC(N)Cc2cccc(C)c2)cc1. The van der Waals surface area contributed by atoms with E-state index in [2.05, 4.69) is 62.4 Å². The molecule has 2 aromatic carbocycles. The van der Waals surface area contributed by atoms with Gasteiger partial charge in [-0.25, -0.2) is 0 Å². The summed E-state index contributed by atoms with van der Waals surface area (Å²) in [5, 5.41) is 0. The zero-order valence-corrected chi connectivity index (χ0v) is 11.9. The van der Waals surface area contributed by atoms with E-state index in [1.54, 1.807) is 0 Å². The highest BCUT2D eigenvalue weighted by atomic mass is 14.6. The Bertz CT molecular complexity index is 513. The van der Waals surface area contributed by atoms with E-state index in [4.69, 9.17) is 5.73 Å².